The van der Waals surface area contributed by atoms with Crippen LogP contribution < -0.4 is 11.1 Å². The number of aromatic amines is 2. The molecule has 5 heterocycles. The topological polar surface area (TPSA) is 156 Å². The van der Waals surface area contributed by atoms with Crippen LogP contribution in [0.5, 0.6) is 17.2 Å². The van der Waals surface area contributed by atoms with Gasteiger partial charge in [0.2, 0.25) is 0 Å². The maximum atomic E-state index is 16.6. The lowest BCUT2D eigenvalue weighted by molar-refractivity contribution is 0.462. The molecule has 0 aliphatic carbocycles. The van der Waals surface area contributed by atoms with Crippen LogP contribution in [-0.2, 0) is 12.8 Å². The number of unbranched alkanes of at least 4 members (excludes halogenated alkanes) is 1. The molecule has 306 valence electrons. The quantitative estimate of drug-likeness (QED) is 0.0434. The molecule has 0 saturated heterocycles. The van der Waals surface area contributed by atoms with Gasteiger partial charge in [-0.15, -0.1) is 0 Å². The van der Waals surface area contributed by atoms with Gasteiger partial charge in [-0.25, -0.2) is 27.5 Å². The SMILES string of the molecule is NCCCCNc1c(F)c(F)c(-c2c3nc(c(-c4cccc(O)c4)c4ccc([nH]4)c(-c4cccc(O)c4)c4nc(c(-c5cccc(O)c5)c5[nH]c2CC5)C=C4)C=C3)c(F)c1F. The molecule has 0 fully saturated rings. The Kier molecular flexibility index (Phi) is 10.3. The summed E-state index contributed by atoms with van der Waals surface area (Å²) in [5.41, 5.74) is 10.3. The number of hydrogen-bond donors (Lipinski definition) is 7. The molecule has 9 nitrogen and oxygen atoms in total. The van der Waals surface area contributed by atoms with Crippen LogP contribution in [-0.4, -0.2) is 48.3 Å². The second-order valence-electron chi connectivity index (χ2n) is 14.9. The van der Waals surface area contributed by atoms with E-state index in [2.05, 4.69) is 15.3 Å². The summed E-state index contributed by atoms with van der Waals surface area (Å²) in [6, 6.07) is 23.5. The molecule has 4 aromatic carbocycles. The number of phenolic OH excluding ortho intramolecular Hbond substituents is 3. The first kappa shape index (κ1) is 39.1. The Bertz CT molecular complexity index is 3000. The van der Waals surface area contributed by atoms with Crippen LogP contribution in [0.1, 0.15) is 47.0 Å². The molecule has 0 radical (unpaired) electrons. The maximum absolute atomic E-state index is 16.6. The van der Waals surface area contributed by atoms with E-state index in [1.165, 1.54) is 18.2 Å². The van der Waals surface area contributed by atoms with E-state index in [-0.39, 0.29) is 53.6 Å². The lowest BCUT2D eigenvalue weighted by Gasteiger charge is -2.15. The molecule has 9 rings (SSSR count). The first-order chi connectivity index (χ1) is 29.6. The summed E-state index contributed by atoms with van der Waals surface area (Å²) in [6.45, 7) is 0.380. The van der Waals surface area contributed by atoms with Gasteiger partial charge in [-0.2, -0.15) is 0 Å². The summed E-state index contributed by atoms with van der Waals surface area (Å²) in [5.74, 6) is -6.35. The van der Waals surface area contributed by atoms with Crippen LogP contribution in [0.2, 0.25) is 0 Å². The minimum absolute atomic E-state index is 0.0102. The van der Waals surface area contributed by atoms with Crippen molar-refractivity contribution in [2.75, 3.05) is 18.4 Å². The number of anilines is 1. The summed E-state index contributed by atoms with van der Waals surface area (Å²) >= 11 is 0. The van der Waals surface area contributed by atoms with Crippen molar-refractivity contribution in [2.24, 2.45) is 5.73 Å². The minimum Gasteiger partial charge on any atom is -0.508 e. The monoisotopic (exact) mass is 822 g/mol. The summed E-state index contributed by atoms with van der Waals surface area (Å²) in [4.78, 5) is 16.9. The van der Waals surface area contributed by atoms with Gasteiger partial charge >= 0.3 is 0 Å². The van der Waals surface area contributed by atoms with Gasteiger partial charge in [-0.3, -0.25) is 0 Å². The second kappa shape index (κ2) is 16.0. The molecular formula is C48H38F4N6O3. The van der Waals surface area contributed by atoms with E-state index < -0.39 is 34.5 Å². The van der Waals surface area contributed by atoms with Gasteiger partial charge < -0.3 is 36.3 Å². The number of aromatic nitrogens is 4. The Hall–Kier alpha value is -7.38. The molecule has 0 amide bonds. The predicted molar refractivity (Wildman–Crippen MR) is 231 cm³/mol. The van der Waals surface area contributed by atoms with E-state index in [1.54, 1.807) is 60.7 Å². The third-order valence-electron chi connectivity index (χ3n) is 10.9. The zero-order valence-electron chi connectivity index (χ0n) is 32.5. The number of nitrogens with zero attached hydrogens (tertiary/aromatic N) is 2. The molecule has 8 bridgehead atoms. The summed E-state index contributed by atoms with van der Waals surface area (Å²) in [6.07, 6.45) is 8.20. The average molecular weight is 823 g/mol. The van der Waals surface area contributed by atoms with Gasteiger partial charge in [0.1, 0.15) is 22.9 Å². The van der Waals surface area contributed by atoms with Gasteiger partial charge in [0.05, 0.1) is 28.3 Å². The summed E-state index contributed by atoms with van der Waals surface area (Å²) < 4.78 is 65.1. The second-order valence-corrected chi connectivity index (χ2v) is 14.9. The summed E-state index contributed by atoms with van der Waals surface area (Å²) in [5, 5.41) is 34.4. The van der Waals surface area contributed by atoms with Gasteiger partial charge in [0.15, 0.2) is 23.3 Å². The Morgan fingerprint density at radius 3 is 1.44 bits per heavy atom. The van der Waals surface area contributed by atoms with Gasteiger partial charge in [0, 0.05) is 51.2 Å². The normalized spacial score (nSPS) is 12.5. The fourth-order valence-electron chi connectivity index (χ4n) is 8.17. The molecule has 0 saturated carbocycles. The molecule has 0 unspecified atom stereocenters. The first-order valence-electron chi connectivity index (χ1n) is 19.7. The Labute approximate surface area is 346 Å². The highest BCUT2D eigenvalue weighted by atomic mass is 19.2. The van der Waals surface area contributed by atoms with Crippen LogP contribution in [0, 0.1) is 23.3 Å². The summed E-state index contributed by atoms with van der Waals surface area (Å²) in [7, 11) is 0. The number of rotatable bonds is 9. The number of halogens is 4. The first-order valence-corrected chi connectivity index (χ1v) is 19.7. The van der Waals surface area contributed by atoms with Crippen molar-refractivity contribution in [2.45, 2.75) is 25.7 Å². The standard InChI is InChI=1S/C48H38F4N6O3/c49-44-43(45(50)47(52)48(46(44)51)54-21-2-1-20-53)42-37-18-16-35(57-37)40(26-7-4-10-29(60)23-26)33-14-12-31(55-33)39(25-6-3-9-28(59)22-25)32-13-15-34(56-32)41(36-17-19-38(42)58-36)27-8-5-11-30(61)24-27/h3-16,18,22-24,54-55,58-61H,1-2,17,19-21,53H2. The van der Waals surface area contributed by atoms with Crippen LogP contribution >= 0.6 is 0 Å². The largest absolute Gasteiger partial charge is 0.508 e. The van der Waals surface area contributed by atoms with Crippen molar-refractivity contribution in [1.29, 1.82) is 0 Å². The molecule has 2 aromatic heterocycles. The minimum atomic E-state index is -1.60. The third-order valence-corrected chi connectivity index (χ3v) is 10.9. The predicted octanol–water partition coefficient (Wildman–Crippen LogP) is 10.7. The lowest BCUT2D eigenvalue weighted by Crippen LogP contribution is -2.12. The fraction of sp³-hybridized carbons (Fsp3) is 0.125. The number of phenols is 3. The van der Waals surface area contributed by atoms with E-state index in [4.69, 9.17) is 15.7 Å². The average Bonchev–Trinajstić information content (AvgIpc) is 4.09. The van der Waals surface area contributed by atoms with Crippen molar-refractivity contribution in [1.82, 2.24) is 19.9 Å². The zero-order chi connectivity index (χ0) is 42.4. The molecule has 61 heavy (non-hydrogen) atoms. The van der Waals surface area contributed by atoms with E-state index in [9.17, 15) is 15.3 Å². The highest BCUT2D eigenvalue weighted by molar-refractivity contribution is 5.97. The Morgan fingerprint density at radius 1 is 0.525 bits per heavy atom. The van der Waals surface area contributed by atoms with Crippen LogP contribution in [0.25, 0.3) is 79.8 Å². The van der Waals surface area contributed by atoms with Crippen LogP contribution in [0.3, 0.4) is 0 Å². The number of hydrogen-bond acceptors (Lipinski definition) is 7. The van der Waals surface area contributed by atoms with Crippen molar-refractivity contribution in [3.63, 3.8) is 0 Å². The molecule has 3 aliphatic rings. The highest BCUT2D eigenvalue weighted by Gasteiger charge is 2.31. The number of H-pyrrole nitrogens is 2. The van der Waals surface area contributed by atoms with Gasteiger partial charge in [0.25, 0.3) is 0 Å². The maximum Gasteiger partial charge on any atom is 0.185 e. The molecule has 0 spiro atoms. The molecule has 8 N–H and O–H groups in total. The van der Waals surface area contributed by atoms with E-state index in [0.717, 1.165) is 0 Å². The number of nitrogens with two attached hydrogens (primary N) is 1. The highest BCUT2D eigenvalue weighted by Crippen LogP contribution is 2.42. The van der Waals surface area contributed by atoms with Crippen molar-refractivity contribution in [3.8, 4) is 61.8 Å². The number of fused-ring (bicyclic) bond motifs is 8. The smallest absolute Gasteiger partial charge is 0.185 e. The van der Waals surface area contributed by atoms with Crippen molar-refractivity contribution < 1.29 is 32.9 Å². The zero-order valence-corrected chi connectivity index (χ0v) is 32.5. The van der Waals surface area contributed by atoms with E-state index in [1.807, 2.05) is 30.4 Å². The molecule has 13 heteroatoms. The molecule has 6 aromatic rings. The van der Waals surface area contributed by atoms with Crippen molar-refractivity contribution in [3.05, 3.63) is 142 Å². The van der Waals surface area contributed by atoms with Crippen LogP contribution in [0.15, 0.2) is 84.9 Å². The van der Waals surface area contributed by atoms with E-state index in [0.29, 0.717) is 86.6 Å². The fourth-order valence-corrected chi connectivity index (χ4v) is 8.17. The Balaban J connectivity index is 1.44. The molecular weight excluding hydrogens is 785 g/mol. The third kappa shape index (κ3) is 7.22. The van der Waals surface area contributed by atoms with Crippen LogP contribution in [0.4, 0.5) is 23.2 Å². The molecule has 3 aliphatic heterocycles. The van der Waals surface area contributed by atoms with Crippen molar-refractivity contribution >= 4 is 41.0 Å². The number of aryl methyl sites for hydroxylation is 2. The number of nitrogens with one attached hydrogen (secondary N) is 3. The molecule has 0 atom stereocenters. The van der Waals surface area contributed by atoms with Gasteiger partial charge in [-0.05, 0) is 122 Å². The Morgan fingerprint density at radius 2 is 0.967 bits per heavy atom. The van der Waals surface area contributed by atoms with E-state index >= 15 is 17.6 Å². The number of aromatic hydroxyl groups is 3. The van der Waals surface area contributed by atoms with Gasteiger partial charge in [-0.1, -0.05) is 36.4 Å². The number of benzene rings is 4. The lowest BCUT2D eigenvalue weighted by atomic mass is 9.97.